The molecule has 0 bridgehead atoms. The fourth-order valence-electron chi connectivity index (χ4n) is 3.94. The molecule has 3 amide bonds. The van der Waals surface area contributed by atoms with E-state index >= 15 is 0 Å². The molecule has 8 heteroatoms. The van der Waals surface area contributed by atoms with E-state index in [1.807, 2.05) is 6.92 Å². The summed E-state index contributed by atoms with van der Waals surface area (Å²) < 4.78 is 11.9. The van der Waals surface area contributed by atoms with Crippen LogP contribution >= 0.6 is 0 Å². The number of urea groups is 1. The number of likely N-dealkylation sites (N-methyl/N-ethyl adjacent to an activating group) is 1. The standard InChI is InChI=1S/C24H40N4O4/c1-7-11-25-24(30)26-19-9-10-20-21(13-19)32-16-18(4)28(12-8-2)14-17(3)22(31-6)15-27(5)23(20)29/h9-10,13,17-18,22H,7-8,11-12,14-16H2,1-6H3,(H2,25,26,30)/t17-,18-,22+/m0/s1. The molecule has 0 fully saturated rings. The third kappa shape index (κ3) is 7.10. The first-order chi connectivity index (χ1) is 15.3. The second-order valence-corrected chi connectivity index (χ2v) is 8.68. The van der Waals surface area contributed by atoms with Crippen molar-refractivity contribution >= 4 is 17.6 Å². The van der Waals surface area contributed by atoms with E-state index < -0.39 is 0 Å². The Hall–Kier alpha value is -2.32. The molecule has 0 aromatic heterocycles. The predicted octanol–water partition coefficient (Wildman–Crippen LogP) is 3.43. The lowest BCUT2D eigenvalue weighted by molar-refractivity contribution is 0.0108. The maximum atomic E-state index is 13.2. The van der Waals surface area contributed by atoms with Crippen molar-refractivity contribution in [1.29, 1.82) is 0 Å². The average Bonchev–Trinajstić information content (AvgIpc) is 2.78. The Kier molecular flexibility index (Phi) is 10.3. The van der Waals surface area contributed by atoms with E-state index in [0.717, 1.165) is 25.9 Å². The van der Waals surface area contributed by atoms with Crippen LogP contribution in [0.4, 0.5) is 10.5 Å². The van der Waals surface area contributed by atoms with Gasteiger partial charge in [-0.25, -0.2) is 4.79 Å². The number of nitrogens with one attached hydrogen (secondary N) is 2. The molecule has 0 unspecified atom stereocenters. The van der Waals surface area contributed by atoms with Gasteiger partial charge in [0.25, 0.3) is 5.91 Å². The van der Waals surface area contributed by atoms with Crippen molar-refractivity contribution in [2.75, 3.05) is 52.3 Å². The minimum atomic E-state index is -0.275. The molecule has 3 atom stereocenters. The molecular formula is C24H40N4O4. The quantitative estimate of drug-likeness (QED) is 0.697. The van der Waals surface area contributed by atoms with Crippen LogP contribution in [0.15, 0.2) is 18.2 Å². The molecule has 2 N–H and O–H groups in total. The number of hydrogen-bond donors (Lipinski definition) is 2. The molecule has 0 radical (unpaired) electrons. The molecule has 2 rings (SSSR count). The maximum Gasteiger partial charge on any atom is 0.319 e. The van der Waals surface area contributed by atoms with E-state index in [0.29, 0.717) is 36.7 Å². The number of nitrogens with zero attached hydrogens (tertiary/aromatic N) is 2. The molecular weight excluding hydrogens is 408 g/mol. The highest BCUT2D eigenvalue weighted by atomic mass is 16.5. The number of ether oxygens (including phenoxy) is 2. The van der Waals surface area contributed by atoms with Crippen molar-refractivity contribution in [1.82, 2.24) is 15.1 Å². The lowest BCUT2D eigenvalue weighted by Crippen LogP contribution is -2.46. The van der Waals surface area contributed by atoms with Gasteiger partial charge in [0.2, 0.25) is 0 Å². The molecule has 0 saturated carbocycles. The third-order valence-corrected chi connectivity index (χ3v) is 5.88. The molecule has 0 aliphatic carbocycles. The fourth-order valence-corrected chi connectivity index (χ4v) is 3.94. The zero-order valence-corrected chi connectivity index (χ0v) is 20.4. The van der Waals surface area contributed by atoms with Crippen LogP contribution in [0.5, 0.6) is 5.75 Å². The second kappa shape index (κ2) is 12.6. The first-order valence-electron chi connectivity index (χ1n) is 11.6. The summed E-state index contributed by atoms with van der Waals surface area (Å²) in [5.74, 6) is 0.604. The van der Waals surface area contributed by atoms with Gasteiger partial charge in [-0.15, -0.1) is 0 Å². The van der Waals surface area contributed by atoms with Crippen molar-refractivity contribution in [2.45, 2.75) is 52.7 Å². The lowest BCUT2D eigenvalue weighted by atomic mass is 10.0. The number of anilines is 1. The van der Waals surface area contributed by atoms with Crippen molar-refractivity contribution in [3.8, 4) is 5.75 Å². The summed E-state index contributed by atoms with van der Waals surface area (Å²) in [6.45, 7) is 11.8. The summed E-state index contributed by atoms with van der Waals surface area (Å²) in [5.41, 5.74) is 1.06. The number of fused-ring (bicyclic) bond motifs is 1. The van der Waals surface area contributed by atoms with Gasteiger partial charge in [0.15, 0.2) is 0 Å². The van der Waals surface area contributed by atoms with Gasteiger partial charge < -0.3 is 25.0 Å². The van der Waals surface area contributed by atoms with Gasteiger partial charge in [-0.3, -0.25) is 9.69 Å². The van der Waals surface area contributed by atoms with Crippen LogP contribution in [-0.2, 0) is 4.74 Å². The first kappa shape index (κ1) is 25.9. The Bertz CT molecular complexity index is 758. The number of methoxy groups -OCH3 is 1. The summed E-state index contributed by atoms with van der Waals surface area (Å²) >= 11 is 0. The van der Waals surface area contributed by atoms with Crippen molar-refractivity contribution in [3.63, 3.8) is 0 Å². The van der Waals surface area contributed by atoms with Crippen LogP contribution in [0, 0.1) is 5.92 Å². The molecule has 8 nitrogen and oxygen atoms in total. The average molecular weight is 449 g/mol. The topological polar surface area (TPSA) is 83.1 Å². The van der Waals surface area contributed by atoms with Crippen molar-refractivity contribution < 1.29 is 19.1 Å². The fraction of sp³-hybridized carbons (Fsp3) is 0.667. The normalized spacial score (nSPS) is 22.9. The Morgan fingerprint density at radius 2 is 1.97 bits per heavy atom. The van der Waals surface area contributed by atoms with Crippen LogP contribution < -0.4 is 15.4 Å². The van der Waals surface area contributed by atoms with Gasteiger partial charge in [-0.05, 0) is 44.4 Å². The summed E-state index contributed by atoms with van der Waals surface area (Å²) in [7, 11) is 3.49. The summed E-state index contributed by atoms with van der Waals surface area (Å²) in [5, 5.41) is 5.60. The first-order valence-corrected chi connectivity index (χ1v) is 11.6. The molecule has 0 saturated heterocycles. The SMILES string of the molecule is CCCNC(=O)Nc1ccc2c(c1)OC[C@H](C)N(CCC)C[C@H](C)[C@H](OC)CN(C)C2=O. The molecule has 1 aromatic rings. The van der Waals surface area contributed by atoms with E-state index in [-0.39, 0.29) is 30.0 Å². The highest BCUT2D eigenvalue weighted by Gasteiger charge is 2.28. The van der Waals surface area contributed by atoms with Crippen LogP contribution in [0.1, 0.15) is 50.9 Å². The number of carbonyl (C=O) groups is 2. The van der Waals surface area contributed by atoms with Crippen LogP contribution in [-0.4, -0.2) is 80.8 Å². The summed E-state index contributed by atoms with van der Waals surface area (Å²) in [6, 6.07) is 5.07. The molecule has 180 valence electrons. The van der Waals surface area contributed by atoms with Gasteiger partial charge in [-0.1, -0.05) is 20.8 Å². The van der Waals surface area contributed by atoms with E-state index in [2.05, 4.69) is 36.3 Å². The maximum absolute atomic E-state index is 13.2. The van der Waals surface area contributed by atoms with E-state index in [1.165, 1.54) is 0 Å². The Morgan fingerprint density at radius 1 is 1.22 bits per heavy atom. The van der Waals surface area contributed by atoms with Gasteiger partial charge in [0.1, 0.15) is 12.4 Å². The number of amides is 3. The molecule has 32 heavy (non-hydrogen) atoms. The highest BCUT2D eigenvalue weighted by Crippen LogP contribution is 2.26. The van der Waals surface area contributed by atoms with Crippen LogP contribution in [0.25, 0.3) is 0 Å². The summed E-state index contributed by atoms with van der Waals surface area (Å²) in [6.07, 6.45) is 1.84. The van der Waals surface area contributed by atoms with Gasteiger partial charge in [0, 0.05) is 51.6 Å². The van der Waals surface area contributed by atoms with E-state index in [9.17, 15) is 9.59 Å². The second-order valence-electron chi connectivity index (χ2n) is 8.68. The zero-order valence-electron chi connectivity index (χ0n) is 20.4. The van der Waals surface area contributed by atoms with Gasteiger partial charge in [0.05, 0.1) is 11.7 Å². The Morgan fingerprint density at radius 3 is 2.62 bits per heavy atom. The minimum Gasteiger partial charge on any atom is -0.491 e. The predicted molar refractivity (Wildman–Crippen MR) is 127 cm³/mol. The Balaban J connectivity index is 2.35. The van der Waals surface area contributed by atoms with Crippen LogP contribution in [0.3, 0.4) is 0 Å². The van der Waals surface area contributed by atoms with Crippen molar-refractivity contribution in [2.24, 2.45) is 5.92 Å². The van der Waals surface area contributed by atoms with Crippen molar-refractivity contribution in [3.05, 3.63) is 23.8 Å². The van der Waals surface area contributed by atoms with E-state index in [4.69, 9.17) is 9.47 Å². The highest BCUT2D eigenvalue weighted by molar-refractivity contribution is 5.98. The number of hydrogen-bond acceptors (Lipinski definition) is 5. The van der Waals surface area contributed by atoms with Gasteiger partial charge in [-0.2, -0.15) is 0 Å². The molecule has 1 aliphatic rings. The molecule has 1 aliphatic heterocycles. The number of carbonyl (C=O) groups excluding carboxylic acids is 2. The van der Waals surface area contributed by atoms with Crippen LogP contribution in [0.2, 0.25) is 0 Å². The number of benzene rings is 1. The smallest absolute Gasteiger partial charge is 0.319 e. The van der Waals surface area contributed by atoms with Gasteiger partial charge >= 0.3 is 6.03 Å². The monoisotopic (exact) mass is 448 g/mol. The number of rotatable bonds is 6. The minimum absolute atomic E-state index is 0.0671. The third-order valence-electron chi connectivity index (χ3n) is 5.88. The lowest BCUT2D eigenvalue weighted by Gasteiger charge is -2.35. The molecule has 0 spiro atoms. The Labute approximate surface area is 192 Å². The molecule has 1 aromatic carbocycles. The van der Waals surface area contributed by atoms with E-state index in [1.54, 1.807) is 37.3 Å². The summed E-state index contributed by atoms with van der Waals surface area (Å²) in [4.78, 5) is 29.4. The zero-order chi connectivity index (χ0) is 23.7. The largest absolute Gasteiger partial charge is 0.491 e. The molecule has 1 heterocycles.